The minimum absolute atomic E-state index is 0.0734. The lowest BCUT2D eigenvalue weighted by Gasteiger charge is -2.40. The average molecular weight is 385 g/mol. The van der Waals surface area contributed by atoms with E-state index in [0.29, 0.717) is 18.4 Å². The van der Waals surface area contributed by atoms with E-state index in [1.807, 2.05) is 0 Å². The average Bonchev–Trinajstić information content (AvgIpc) is 2.61. The fraction of sp³-hybridized carbons (Fsp3) is 0.650. The quantitative estimate of drug-likeness (QED) is 0.603. The van der Waals surface area contributed by atoms with Crippen molar-refractivity contribution in [2.75, 3.05) is 20.2 Å². The molecular weight excluding hydrogens is 355 g/mol. The Labute approximate surface area is 159 Å². The van der Waals surface area contributed by atoms with Crippen LogP contribution < -0.4 is 10.6 Å². The zero-order valence-corrected chi connectivity index (χ0v) is 16.5. The number of hydrogen-bond acceptors (Lipinski definition) is 2. The first-order valence-corrected chi connectivity index (χ1v) is 9.33. The normalized spacial score (nSPS) is 21.8. The van der Waals surface area contributed by atoms with E-state index in [4.69, 9.17) is 4.74 Å². The van der Waals surface area contributed by atoms with Gasteiger partial charge in [0.05, 0.1) is 11.7 Å². The zero-order valence-electron chi connectivity index (χ0n) is 16.5. The van der Waals surface area contributed by atoms with E-state index < -0.39 is 11.7 Å². The highest BCUT2D eigenvalue weighted by Crippen LogP contribution is 2.33. The highest BCUT2D eigenvalue weighted by Gasteiger charge is 2.35. The molecule has 1 saturated heterocycles. The first kappa shape index (κ1) is 21.5. The lowest BCUT2D eigenvalue weighted by atomic mass is 9.78. The first-order valence-electron chi connectivity index (χ1n) is 9.33. The molecule has 2 rings (SSSR count). The molecule has 1 aliphatic heterocycles. The van der Waals surface area contributed by atoms with Gasteiger partial charge in [-0.3, -0.25) is 4.99 Å². The molecule has 0 aliphatic carbocycles. The van der Waals surface area contributed by atoms with Crippen molar-refractivity contribution in [3.8, 4) is 0 Å². The third-order valence-electron chi connectivity index (χ3n) is 4.79. The van der Waals surface area contributed by atoms with Crippen LogP contribution in [0, 0.1) is 11.3 Å². The molecule has 0 amide bonds. The van der Waals surface area contributed by atoms with Crippen molar-refractivity contribution in [3.63, 3.8) is 0 Å². The maximum absolute atomic E-state index is 12.6. The van der Waals surface area contributed by atoms with Gasteiger partial charge in [0.15, 0.2) is 5.96 Å². The summed E-state index contributed by atoms with van der Waals surface area (Å²) < 4.78 is 43.9. The van der Waals surface area contributed by atoms with Gasteiger partial charge in [-0.1, -0.05) is 32.9 Å². The van der Waals surface area contributed by atoms with Crippen LogP contribution in [0.4, 0.5) is 13.2 Å². The molecular formula is C20H30F3N3O. The van der Waals surface area contributed by atoms with E-state index in [-0.39, 0.29) is 11.5 Å². The molecule has 1 aliphatic rings. The molecule has 0 radical (unpaired) electrons. The summed E-state index contributed by atoms with van der Waals surface area (Å²) in [6.45, 7) is 8.52. The monoisotopic (exact) mass is 385 g/mol. The Morgan fingerprint density at radius 2 is 1.81 bits per heavy atom. The molecule has 1 aromatic carbocycles. The van der Waals surface area contributed by atoms with Crippen LogP contribution in [-0.2, 0) is 17.5 Å². The van der Waals surface area contributed by atoms with Crippen molar-refractivity contribution < 1.29 is 17.9 Å². The summed E-state index contributed by atoms with van der Waals surface area (Å²) in [7, 11) is 1.68. The van der Waals surface area contributed by atoms with Crippen LogP contribution in [0.1, 0.15) is 44.7 Å². The molecule has 0 bridgehead atoms. The molecule has 27 heavy (non-hydrogen) atoms. The highest BCUT2D eigenvalue weighted by atomic mass is 19.4. The Kier molecular flexibility index (Phi) is 7.14. The second-order valence-electron chi connectivity index (χ2n) is 8.06. The third kappa shape index (κ3) is 6.41. The van der Waals surface area contributed by atoms with Gasteiger partial charge in [-0.15, -0.1) is 0 Å². The molecule has 2 N–H and O–H groups in total. The summed E-state index contributed by atoms with van der Waals surface area (Å²) in [5, 5.41) is 6.48. The summed E-state index contributed by atoms with van der Waals surface area (Å²) >= 11 is 0. The van der Waals surface area contributed by atoms with Crippen LogP contribution in [0.2, 0.25) is 0 Å². The van der Waals surface area contributed by atoms with Crippen molar-refractivity contribution in [1.82, 2.24) is 10.6 Å². The van der Waals surface area contributed by atoms with E-state index in [1.54, 1.807) is 7.05 Å². The predicted octanol–water partition coefficient (Wildman–Crippen LogP) is 4.21. The Morgan fingerprint density at radius 3 is 2.37 bits per heavy atom. The van der Waals surface area contributed by atoms with Gasteiger partial charge in [0, 0.05) is 32.7 Å². The first-order chi connectivity index (χ1) is 12.6. The standard InChI is InChI=1S/C20H30F3N3O/c1-19(2,3)17-15(6-5-11-27-17)13-26-18(24-4)25-12-14-7-9-16(10-8-14)20(21,22)23/h7-10,15,17H,5-6,11-13H2,1-4H3,(H2,24,25,26). The number of aliphatic imine (C=N–C) groups is 1. The Balaban J connectivity index is 1.87. The highest BCUT2D eigenvalue weighted by molar-refractivity contribution is 5.79. The smallest absolute Gasteiger partial charge is 0.377 e. The SMILES string of the molecule is CN=C(NCc1ccc(C(F)(F)F)cc1)NCC1CCCOC1C(C)(C)C. The molecule has 152 valence electrons. The van der Waals surface area contributed by atoms with E-state index >= 15 is 0 Å². The van der Waals surface area contributed by atoms with Crippen molar-refractivity contribution in [1.29, 1.82) is 0 Å². The Bertz CT molecular complexity index is 621. The van der Waals surface area contributed by atoms with Crippen LogP contribution in [0.3, 0.4) is 0 Å². The fourth-order valence-electron chi connectivity index (χ4n) is 3.46. The van der Waals surface area contributed by atoms with Crippen LogP contribution in [0.15, 0.2) is 29.3 Å². The number of guanidine groups is 1. The van der Waals surface area contributed by atoms with Crippen molar-refractivity contribution in [3.05, 3.63) is 35.4 Å². The summed E-state index contributed by atoms with van der Waals surface area (Å²) in [6, 6.07) is 5.16. The Hall–Kier alpha value is -1.76. The van der Waals surface area contributed by atoms with Crippen LogP contribution >= 0.6 is 0 Å². The zero-order chi connectivity index (χ0) is 20.1. The summed E-state index contributed by atoms with van der Waals surface area (Å²) in [5.74, 6) is 1.02. The van der Waals surface area contributed by atoms with Gasteiger partial charge in [0.25, 0.3) is 0 Å². The lowest BCUT2D eigenvalue weighted by Crippen LogP contribution is -2.47. The van der Waals surface area contributed by atoms with Gasteiger partial charge in [-0.05, 0) is 36.0 Å². The predicted molar refractivity (Wildman–Crippen MR) is 102 cm³/mol. The number of rotatable bonds is 4. The summed E-state index contributed by atoms with van der Waals surface area (Å²) in [6.07, 6.45) is -1.97. The fourth-order valence-corrected chi connectivity index (χ4v) is 3.46. The maximum atomic E-state index is 12.6. The minimum atomic E-state index is -4.31. The number of nitrogens with zero attached hydrogens (tertiary/aromatic N) is 1. The summed E-state index contributed by atoms with van der Waals surface area (Å²) in [4.78, 5) is 4.21. The number of alkyl halides is 3. The number of benzene rings is 1. The van der Waals surface area contributed by atoms with Gasteiger partial charge < -0.3 is 15.4 Å². The van der Waals surface area contributed by atoms with Crippen LogP contribution in [-0.4, -0.2) is 32.3 Å². The second kappa shape index (κ2) is 8.95. The van der Waals surface area contributed by atoms with Gasteiger partial charge >= 0.3 is 6.18 Å². The van der Waals surface area contributed by atoms with E-state index in [0.717, 1.165) is 43.7 Å². The van der Waals surface area contributed by atoms with Crippen LogP contribution in [0.5, 0.6) is 0 Å². The van der Waals surface area contributed by atoms with E-state index in [9.17, 15) is 13.2 Å². The van der Waals surface area contributed by atoms with E-state index in [1.165, 1.54) is 12.1 Å². The van der Waals surface area contributed by atoms with Crippen LogP contribution in [0.25, 0.3) is 0 Å². The number of ether oxygens (including phenoxy) is 1. The number of nitrogens with one attached hydrogen (secondary N) is 2. The molecule has 4 nitrogen and oxygen atoms in total. The van der Waals surface area contributed by atoms with Gasteiger partial charge in [-0.25, -0.2) is 0 Å². The molecule has 0 spiro atoms. The lowest BCUT2D eigenvalue weighted by molar-refractivity contribution is -0.137. The molecule has 1 heterocycles. The Morgan fingerprint density at radius 1 is 1.15 bits per heavy atom. The molecule has 2 atom stereocenters. The molecule has 2 unspecified atom stereocenters. The van der Waals surface area contributed by atoms with Crippen molar-refractivity contribution in [2.24, 2.45) is 16.3 Å². The molecule has 0 saturated carbocycles. The van der Waals surface area contributed by atoms with Gasteiger partial charge in [-0.2, -0.15) is 13.2 Å². The molecule has 1 fully saturated rings. The number of halogens is 3. The molecule has 7 heteroatoms. The topological polar surface area (TPSA) is 45.7 Å². The number of hydrogen-bond donors (Lipinski definition) is 2. The van der Waals surface area contributed by atoms with Gasteiger partial charge in [0.1, 0.15) is 0 Å². The van der Waals surface area contributed by atoms with E-state index in [2.05, 4.69) is 36.4 Å². The van der Waals surface area contributed by atoms with Crippen molar-refractivity contribution in [2.45, 2.75) is 52.4 Å². The summed E-state index contributed by atoms with van der Waals surface area (Å²) in [5.41, 5.74) is 0.197. The second-order valence-corrected chi connectivity index (χ2v) is 8.06. The minimum Gasteiger partial charge on any atom is -0.377 e. The largest absolute Gasteiger partial charge is 0.416 e. The molecule has 1 aromatic rings. The third-order valence-corrected chi connectivity index (χ3v) is 4.79. The maximum Gasteiger partial charge on any atom is 0.416 e. The van der Waals surface area contributed by atoms with Crippen molar-refractivity contribution >= 4 is 5.96 Å². The van der Waals surface area contributed by atoms with Gasteiger partial charge in [0.2, 0.25) is 0 Å². The molecule has 0 aromatic heterocycles.